The Morgan fingerprint density at radius 2 is 2.25 bits per heavy atom. The smallest absolute Gasteiger partial charge is 0.0900 e. The summed E-state index contributed by atoms with van der Waals surface area (Å²) in [4.78, 5) is 5.53. The van der Waals surface area contributed by atoms with Gasteiger partial charge in [0.1, 0.15) is 0 Å². The van der Waals surface area contributed by atoms with Crippen LogP contribution < -0.4 is 0 Å². The lowest BCUT2D eigenvalue weighted by Gasteiger charge is -2.23. The molecule has 88 valence electrons. The molecule has 0 N–H and O–H groups in total. The highest BCUT2D eigenvalue weighted by molar-refractivity contribution is 7.12. The minimum absolute atomic E-state index is 0.668. The van der Waals surface area contributed by atoms with Crippen molar-refractivity contribution in [1.29, 1.82) is 0 Å². The van der Waals surface area contributed by atoms with Crippen LogP contribution in [-0.2, 0) is 0 Å². The topological polar surface area (TPSA) is 12.9 Å². The van der Waals surface area contributed by atoms with E-state index in [0.717, 1.165) is 5.01 Å². The minimum Gasteiger partial charge on any atom is -0.249 e. The zero-order chi connectivity index (χ0) is 11.4. The Hall–Kier alpha value is -0.340. The van der Waals surface area contributed by atoms with Crippen molar-refractivity contribution < 1.29 is 0 Å². The molecule has 0 saturated heterocycles. The van der Waals surface area contributed by atoms with Crippen LogP contribution >= 0.6 is 22.9 Å². The van der Waals surface area contributed by atoms with E-state index in [9.17, 15) is 0 Å². The number of rotatable bonds is 3. The molecule has 0 spiro atoms. The molecule has 2 rings (SSSR count). The Kier molecular flexibility index (Phi) is 4.42. The fourth-order valence-corrected chi connectivity index (χ4v) is 3.42. The molecule has 0 aliphatic heterocycles. The van der Waals surface area contributed by atoms with E-state index in [4.69, 9.17) is 11.6 Å². The van der Waals surface area contributed by atoms with Gasteiger partial charge in [0.15, 0.2) is 0 Å². The molecule has 16 heavy (non-hydrogen) atoms. The van der Waals surface area contributed by atoms with Crippen LogP contribution in [0, 0.1) is 12.8 Å². The Morgan fingerprint density at radius 3 is 2.81 bits per heavy atom. The van der Waals surface area contributed by atoms with Crippen LogP contribution in [0.1, 0.15) is 42.0 Å². The average molecular weight is 256 g/mol. The van der Waals surface area contributed by atoms with E-state index < -0.39 is 0 Å². The van der Waals surface area contributed by atoms with E-state index in [1.807, 2.05) is 13.1 Å². The van der Waals surface area contributed by atoms with Gasteiger partial charge < -0.3 is 0 Å². The van der Waals surface area contributed by atoms with Crippen molar-refractivity contribution in [2.45, 2.75) is 39.0 Å². The largest absolute Gasteiger partial charge is 0.249 e. The van der Waals surface area contributed by atoms with Crippen molar-refractivity contribution in [1.82, 2.24) is 4.98 Å². The van der Waals surface area contributed by atoms with Crippen molar-refractivity contribution in [2.24, 2.45) is 5.92 Å². The first kappa shape index (κ1) is 12.1. The van der Waals surface area contributed by atoms with Crippen LogP contribution in [0.5, 0.6) is 0 Å². The third-order valence-corrected chi connectivity index (χ3v) is 4.42. The van der Waals surface area contributed by atoms with Crippen molar-refractivity contribution in [3.8, 4) is 0 Å². The van der Waals surface area contributed by atoms with Crippen molar-refractivity contribution in [3.63, 3.8) is 0 Å². The summed E-state index contributed by atoms with van der Waals surface area (Å²) in [5.74, 6) is 1.38. The monoisotopic (exact) mass is 255 g/mol. The van der Waals surface area contributed by atoms with Gasteiger partial charge in [0.2, 0.25) is 0 Å². The molecule has 0 bridgehead atoms. The lowest BCUT2D eigenvalue weighted by molar-refractivity contribution is 0.405. The molecule has 1 nitrogen and oxygen atoms in total. The summed E-state index contributed by atoms with van der Waals surface area (Å²) in [6.45, 7) is 2.04. The summed E-state index contributed by atoms with van der Waals surface area (Å²) in [6, 6.07) is 0. The molecule has 0 aromatic carbocycles. The second-order valence-electron chi connectivity index (χ2n) is 4.47. The molecule has 1 aliphatic rings. The number of alkyl halides is 1. The number of aromatic nitrogens is 1. The molecular weight excluding hydrogens is 238 g/mol. The van der Waals surface area contributed by atoms with Gasteiger partial charge in [-0.15, -0.1) is 22.9 Å². The predicted molar refractivity (Wildman–Crippen MR) is 72.1 cm³/mol. The first-order valence-corrected chi connectivity index (χ1v) is 7.33. The van der Waals surface area contributed by atoms with Crippen molar-refractivity contribution >= 4 is 29.0 Å². The molecule has 1 aromatic rings. The summed E-state index contributed by atoms with van der Waals surface area (Å²) in [5.41, 5.74) is 1.41. The van der Waals surface area contributed by atoms with Gasteiger partial charge in [0.05, 0.1) is 5.01 Å². The molecule has 0 radical (unpaired) electrons. The van der Waals surface area contributed by atoms with Gasteiger partial charge in [-0.05, 0) is 31.8 Å². The van der Waals surface area contributed by atoms with Crippen LogP contribution in [0.3, 0.4) is 0 Å². The van der Waals surface area contributed by atoms with Gasteiger partial charge in [-0.1, -0.05) is 24.8 Å². The molecule has 0 atom stereocenters. The quantitative estimate of drug-likeness (QED) is 0.717. The van der Waals surface area contributed by atoms with Gasteiger partial charge >= 0.3 is 0 Å². The predicted octanol–water partition coefficient (Wildman–Crippen LogP) is 4.65. The van der Waals surface area contributed by atoms with E-state index in [1.165, 1.54) is 42.6 Å². The van der Waals surface area contributed by atoms with Crippen LogP contribution in [0.2, 0.25) is 0 Å². The summed E-state index contributed by atoms with van der Waals surface area (Å²) < 4.78 is 0. The molecule has 1 aliphatic carbocycles. The van der Waals surface area contributed by atoms with Crippen LogP contribution in [-0.4, -0.2) is 10.9 Å². The number of thiazole rings is 1. The molecule has 0 unspecified atom stereocenters. The SMILES string of the molecule is Cc1ncc(C=C(CCl)C2CCCCC2)s1. The zero-order valence-corrected chi connectivity index (χ0v) is 11.3. The highest BCUT2D eigenvalue weighted by atomic mass is 35.5. The van der Waals surface area contributed by atoms with E-state index in [2.05, 4.69) is 11.1 Å². The van der Waals surface area contributed by atoms with Gasteiger partial charge in [-0.2, -0.15) is 0 Å². The van der Waals surface area contributed by atoms with Crippen molar-refractivity contribution in [2.75, 3.05) is 5.88 Å². The third kappa shape index (κ3) is 3.08. The maximum atomic E-state index is 6.07. The molecule has 1 fully saturated rings. The summed E-state index contributed by atoms with van der Waals surface area (Å²) >= 11 is 7.82. The molecular formula is C13H18ClNS. The maximum Gasteiger partial charge on any atom is 0.0900 e. The molecule has 3 heteroatoms. The first-order valence-electron chi connectivity index (χ1n) is 5.98. The Balaban J connectivity index is 2.11. The second kappa shape index (κ2) is 5.83. The van der Waals surface area contributed by atoms with Crippen molar-refractivity contribution in [3.05, 3.63) is 21.7 Å². The fourth-order valence-electron chi connectivity index (χ4n) is 2.37. The average Bonchev–Trinajstić information content (AvgIpc) is 2.73. The summed E-state index contributed by atoms with van der Waals surface area (Å²) in [5, 5.41) is 1.13. The first-order chi connectivity index (χ1) is 7.79. The van der Waals surface area contributed by atoms with Gasteiger partial charge in [0, 0.05) is 17.0 Å². The van der Waals surface area contributed by atoms with E-state index in [0.29, 0.717) is 11.8 Å². The summed E-state index contributed by atoms with van der Waals surface area (Å²) in [7, 11) is 0. The van der Waals surface area contributed by atoms with E-state index in [1.54, 1.807) is 11.3 Å². The van der Waals surface area contributed by atoms with E-state index in [-0.39, 0.29) is 0 Å². The van der Waals surface area contributed by atoms with Gasteiger partial charge in [0.25, 0.3) is 0 Å². The number of hydrogen-bond donors (Lipinski definition) is 0. The minimum atomic E-state index is 0.668. The van der Waals surface area contributed by atoms with Crippen LogP contribution in [0.25, 0.3) is 6.08 Å². The fraction of sp³-hybridized carbons (Fsp3) is 0.615. The maximum absolute atomic E-state index is 6.07. The molecule has 0 amide bonds. The molecule has 1 saturated carbocycles. The second-order valence-corrected chi connectivity index (χ2v) is 6.00. The van der Waals surface area contributed by atoms with Crippen LogP contribution in [0.15, 0.2) is 11.8 Å². The standard InChI is InChI=1S/C13H18ClNS/c1-10-15-9-13(16-10)7-12(8-14)11-5-3-2-4-6-11/h7,9,11H,2-6,8H2,1H3. The number of allylic oxidation sites excluding steroid dienone is 1. The third-order valence-electron chi connectivity index (χ3n) is 3.25. The number of halogens is 1. The Labute approximate surface area is 107 Å². The lowest BCUT2D eigenvalue weighted by atomic mass is 9.84. The number of aryl methyl sites for hydroxylation is 1. The number of hydrogen-bond acceptors (Lipinski definition) is 2. The summed E-state index contributed by atoms with van der Waals surface area (Å²) in [6.07, 6.45) is 11.0. The van der Waals surface area contributed by atoms with Gasteiger partial charge in [-0.3, -0.25) is 0 Å². The Bertz CT molecular complexity index is 364. The zero-order valence-electron chi connectivity index (χ0n) is 9.71. The number of nitrogens with zero attached hydrogens (tertiary/aromatic N) is 1. The highest BCUT2D eigenvalue weighted by Gasteiger charge is 2.17. The lowest BCUT2D eigenvalue weighted by Crippen LogP contribution is -2.10. The molecule has 1 aromatic heterocycles. The Morgan fingerprint density at radius 1 is 1.50 bits per heavy atom. The highest BCUT2D eigenvalue weighted by Crippen LogP contribution is 2.32. The van der Waals surface area contributed by atoms with Gasteiger partial charge in [-0.25, -0.2) is 4.98 Å². The normalized spacial score (nSPS) is 19.0. The molecule has 1 heterocycles. The van der Waals surface area contributed by atoms with E-state index >= 15 is 0 Å². The van der Waals surface area contributed by atoms with Crippen LogP contribution in [0.4, 0.5) is 0 Å².